The number of hydrogen-bond acceptors (Lipinski definition) is 1. The Hall–Kier alpha value is -1.94. The second-order valence-corrected chi connectivity index (χ2v) is 3.23. The molecule has 1 aromatic rings. The maximum atomic E-state index is 13.2. The predicted octanol–water partition coefficient (Wildman–Crippen LogP) is 4.48. The standard InChI is InChI=1S/C11H10F3N3/c12-10-7-8(3-1-2-6-16-17-15)4-5-9(10)11(13)14/h1,3-5,7,11H,2,6H2. The van der Waals surface area contributed by atoms with E-state index in [2.05, 4.69) is 10.0 Å². The van der Waals surface area contributed by atoms with Gasteiger partial charge in [-0.05, 0) is 29.6 Å². The van der Waals surface area contributed by atoms with Crippen molar-refractivity contribution in [2.75, 3.05) is 6.54 Å². The molecule has 0 heterocycles. The predicted molar refractivity (Wildman–Crippen MR) is 59.0 cm³/mol. The third-order valence-corrected chi connectivity index (χ3v) is 2.03. The highest BCUT2D eigenvalue weighted by Gasteiger charge is 2.12. The van der Waals surface area contributed by atoms with Crippen molar-refractivity contribution >= 4 is 6.08 Å². The van der Waals surface area contributed by atoms with Crippen molar-refractivity contribution in [1.82, 2.24) is 0 Å². The third kappa shape index (κ3) is 4.20. The van der Waals surface area contributed by atoms with Crippen LogP contribution in [0.1, 0.15) is 24.0 Å². The van der Waals surface area contributed by atoms with E-state index in [-0.39, 0.29) is 0 Å². The normalized spacial score (nSPS) is 10.8. The second-order valence-electron chi connectivity index (χ2n) is 3.23. The smallest absolute Gasteiger partial charge is 0.206 e. The van der Waals surface area contributed by atoms with E-state index in [9.17, 15) is 13.2 Å². The maximum absolute atomic E-state index is 13.2. The van der Waals surface area contributed by atoms with Crippen molar-refractivity contribution in [1.29, 1.82) is 0 Å². The Morgan fingerprint density at radius 2 is 2.18 bits per heavy atom. The number of nitrogens with zero attached hydrogens (tertiary/aromatic N) is 3. The van der Waals surface area contributed by atoms with Gasteiger partial charge in [0.05, 0.1) is 5.56 Å². The molecular formula is C11H10F3N3. The molecule has 0 aliphatic heterocycles. The van der Waals surface area contributed by atoms with Crippen LogP contribution in [0.4, 0.5) is 13.2 Å². The van der Waals surface area contributed by atoms with E-state index in [0.29, 0.717) is 18.5 Å². The van der Waals surface area contributed by atoms with Crippen LogP contribution in [0.15, 0.2) is 29.4 Å². The lowest BCUT2D eigenvalue weighted by molar-refractivity contribution is 0.146. The number of benzene rings is 1. The monoisotopic (exact) mass is 241 g/mol. The molecule has 0 atom stereocenters. The van der Waals surface area contributed by atoms with Gasteiger partial charge in [0.2, 0.25) is 0 Å². The van der Waals surface area contributed by atoms with Crippen molar-refractivity contribution in [3.8, 4) is 0 Å². The maximum Gasteiger partial charge on any atom is 0.266 e. The molecule has 0 unspecified atom stereocenters. The molecule has 1 rings (SSSR count). The van der Waals surface area contributed by atoms with Crippen LogP contribution < -0.4 is 0 Å². The van der Waals surface area contributed by atoms with E-state index in [0.717, 1.165) is 12.1 Å². The lowest BCUT2D eigenvalue weighted by atomic mass is 10.1. The molecule has 90 valence electrons. The lowest BCUT2D eigenvalue weighted by Gasteiger charge is -2.02. The Labute approximate surface area is 96.2 Å². The summed E-state index contributed by atoms with van der Waals surface area (Å²) >= 11 is 0. The van der Waals surface area contributed by atoms with E-state index in [4.69, 9.17) is 5.53 Å². The van der Waals surface area contributed by atoms with Crippen LogP contribution in [0, 0.1) is 5.82 Å². The van der Waals surface area contributed by atoms with Crippen LogP contribution >= 0.6 is 0 Å². The largest absolute Gasteiger partial charge is 0.266 e. The summed E-state index contributed by atoms with van der Waals surface area (Å²) in [6, 6.07) is 3.52. The molecule has 0 spiro atoms. The van der Waals surface area contributed by atoms with Gasteiger partial charge >= 0.3 is 0 Å². The van der Waals surface area contributed by atoms with E-state index in [1.54, 1.807) is 12.2 Å². The number of rotatable bonds is 5. The van der Waals surface area contributed by atoms with Gasteiger partial charge < -0.3 is 0 Å². The summed E-state index contributed by atoms with van der Waals surface area (Å²) in [5, 5.41) is 3.31. The van der Waals surface area contributed by atoms with Gasteiger partial charge in [0.15, 0.2) is 0 Å². The fourth-order valence-corrected chi connectivity index (χ4v) is 1.22. The van der Waals surface area contributed by atoms with Crippen molar-refractivity contribution in [3.05, 3.63) is 51.7 Å². The molecule has 1 aromatic carbocycles. The van der Waals surface area contributed by atoms with Crippen LogP contribution in [-0.2, 0) is 0 Å². The molecule has 3 nitrogen and oxygen atoms in total. The summed E-state index contributed by atoms with van der Waals surface area (Å²) in [6.45, 7) is 0.310. The van der Waals surface area contributed by atoms with E-state index >= 15 is 0 Å². The average molecular weight is 241 g/mol. The Balaban J connectivity index is 2.67. The minimum Gasteiger partial charge on any atom is -0.206 e. The number of azide groups is 1. The highest BCUT2D eigenvalue weighted by molar-refractivity contribution is 5.50. The Morgan fingerprint density at radius 3 is 2.76 bits per heavy atom. The fourth-order valence-electron chi connectivity index (χ4n) is 1.22. The Morgan fingerprint density at radius 1 is 1.41 bits per heavy atom. The molecule has 0 bridgehead atoms. The molecule has 0 aliphatic rings. The molecular weight excluding hydrogens is 231 g/mol. The summed E-state index contributed by atoms with van der Waals surface area (Å²) in [5.41, 5.74) is 7.91. The molecule has 0 radical (unpaired) electrons. The average Bonchev–Trinajstić information content (AvgIpc) is 2.28. The molecule has 0 amide bonds. The van der Waals surface area contributed by atoms with E-state index in [1.807, 2.05) is 0 Å². The SMILES string of the molecule is [N-]=[N+]=NCCC=Cc1ccc(C(F)F)c(F)c1. The third-order valence-electron chi connectivity index (χ3n) is 2.03. The van der Waals surface area contributed by atoms with Gasteiger partial charge in [-0.1, -0.05) is 23.3 Å². The number of hydrogen-bond donors (Lipinski definition) is 0. The first kappa shape index (κ1) is 13.1. The zero-order valence-corrected chi connectivity index (χ0v) is 8.85. The summed E-state index contributed by atoms with van der Waals surface area (Å²) < 4.78 is 37.6. The lowest BCUT2D eigenvalue weighted by Crippen LogP contribution is -1.90. The molecule has 0 aliphatic carbocycles. The molecule has 0 saturated carbocycles. The van der Waals surface area contributed by atoms with Crippen molar-refractivity contribution in [2.45, 2.75) is 12.8 Å². The summed E-state index contributed by atoms with van der Waals surface area (Å²) in [6.07, 6.45) is 0.983. The minimum absolute atomic E-state index is 0.310. The van der Waals surface area contributed by atoms with Gasteiger partial charge in [-0.15, -0.1) is 0 Å². The Kier molecular flexibility index (Phi) is 5.10. The van der Waals surface area contributed by atoms with Gasteiger partial charge in [-0.25, -0.2) is 13.2 Å². The Bertz CT molecular complexity index is 451. The summed E-state index contributed by atoms with van der Waals surface area (Å²) in [4.78, 5) is 2.57. The van der Waals surface area contributed by atoms with Crippen LogP contribution in [0.3, 0.4) is 0 Å². The van der Waals surface area contributed by atoms with Gasteiger partial charge in [-0.2, -0.15) is 0 Å². The minimum atomic E-state index is -2.81. The van der Waals surface area contributed by atoms with Gasteiger partial charge in [0.1, 0.15) is 5.82 Å². The first-order valence-electron chi connectivity index (χ1n) is 4.90. The highest BCUT2D eigenvalue weighted by Crippen LogP contribution is 2.22. The molecule has 0 saturated heterocycles. The quantitative estimate of drug-likeness (QED) is 0.316. The fraction of sp³-hybridized carbons (Fsp3) is 0.273. The van der Waals surface area contributed by atoms with Crippen LogP contribution in [0.2, 0.25) is 0 Å². The molecule has 0 N–H and O–H groups in total. The van der Waals surface area contributed by atoms with Crippen molar-refractivity contribution in [2.24, 2.45) is 5.11 Å². The summed E-state index contributed by atoms with van der Waals surface area (Å²) in [5.74, 6) is -0.919. The second kappa shape index (κ2) is 6.60. The zero-order valence-electron chi connectivity index (χ0n) is 8.85. The van der Waals surface area contributed by atoms with Crippen molar-refractivity contribution in [3.63, 3.8) is 0 Å². The number of alkyl halides is 2. The van der Waals surface area contributed by atoms with E-state index in [1.165, 1.54) is 6.07 Å². The van der Waals surface area contributed by atoms with Gasteiger partial charge in [-0.3, -0.25) is 0 Å². The molecule has 17 heavy (non-hydrogen) atoms. The first-order chi connectivity index (χ1) is 8.15. The van der Waals surface area contributed by atoms with Crippen LogP contribution in [-0.4, -0.2) is 6.54 Å². The van der Waals surface area contributed by atoms with Crippen LogP contribution in [0.25, 0.3) is 16.5 Å². The topological polar surface area (TPSA) is 48.8 Å². The summed E-state index contributed by atoms with van der Waals surface area (Å²) in [7, 11) is 0. The van der Waals surface area contributed by atoms with E-state index < -0.39 is 17.8 Å². The number of halogens is 3. The zero-order chi connectivity index (χ0) is 12.7. The van der Waals surface area contributed by atoms with Gasteiger partial charge in [0.25, 0.3) is 6.43 Å². The van der Waals surface area contributed by atoms with Crippen molar-refractivity contribution < 1.29 is 13.2 Å². The van der Waals surface area contributed by atoms with Gasteiger partial charge in [0, 0.05) is 11.5 Å². The molecule has 6 heteroatoms. The van der Waals surface area contributed by atoms with Crippen LogP contribution in [0.5, 0.6) is 0 Å². The highest BCUT2D eigenvalue weighted by atomic mass is 19.3. The molecule has 0 fully saturated rings. The first-order valence-corrected chi connectivity index (χ1v) is 4.90. The molecule has 0 aromatic heterocycles.